The number of allylic oxidation sites excluding steroid dienone is 1. The van der Waals surface area contributed by atoms with E-state index in [4.69, 9.17) is 4.42 Å². The van der Waals surface area contributed by atoms with Crippen LogP contribution in [0.1, 0.15) is 62.8 Å². The first kappa shape index (κ1) is 15.0. The predicted octanol–water partition coefficient (Wildman–Crippen LogP) is 4.77. The van der Waals surface area contributed by atoms with Gasteiger partial charge in [-0.25, -0.2) is 0 Å². The van der Waals surface area contributed by atoms with E-state index in [1.807, 2.05) is 12.1 Å². The molecule has 1 aromatic rings. The Kier molecular flexibility index (Phi) is 7.51. The van der Waals surface area contributed by atoms with Crippen molar-refractivity contribution in [3.8, 4) is 0 Å². The van der Waals surface area contributed by atoms with Gasteiger partial charge in [0.25, 0.3) is 0 Å². The Labute approximate surface area is 111 Å². The Bertz CT molecular complexity index is 330. The van der Waals surface area contributed by atoms with Crippen LogP contribution in [-0.2, 0) is 0 Å². The molecule has 0 spiro atoms. The van der Waals surface area contributed by atoms with Gasteiger partial charge in [0, 0.05) is 0 Å². The molecule has 0 bridgehead atoms. The van der Waals surface area contributed by atoms with Crippen molar-refractivity contribution in [3.05, 3.63) is 36.3 Å². The van der Waals surface area contributed by atoms with Gasteiger partial charge >= 0.3 is 0 Å². The average Bonchev–Trinajstić information content (AvgIpc) is 2.79. The van der Waals surface area contributed by atoms with Gasteiger partial charge in [-0.15, -0.1) is 6.58 Å². The normalized spacial score (nSPS) is 12.6. The van der Waals surface area contributed by atoms with Crippen molar-refractivity contribution in [2.24, 2.45) is 0 Å². The molecule has 0 radical (unpaired) electrons. The molecule has 0 amide bonds. The molecule has 0 fully saturated rings. The largest absolute Gasteiger partial charge is 0.467 e. The van der Waals surface area contributed by atoms with Crippen molar-refractivity contribution in [1.82, 2.24) is 5.32 Å². The molecule has 2 nitrogen and oxygen atoms in total. The molecule has 2 heteroatoms. The van der Waals surface area contributed by atoms with Crippen molar-refractivity contribution in [3.63, 3.8) is 0 Å². The van der Waals surface area contributed by atoms with Gasteiger partial charge in [-0.1, -0.05) is 25.8 Å². The lowest BCUT2D eigenvalue weighted by molar-refractivity contribution is 0.383. The summed E-state index contributed by atoms with van der Waals surface area (Å²) in [6.07, 6.45) is 11.0. The number of rotatable bonds is 10. The minimum absolute atomic E-state index is 0.378. The second-order valence-corrected chi connectivity index (χ2v) is 4.90. The first-order valence-electron chi connectivity index (χ1n) is 7.17. The van der Waals surface area contributed by atoms with E-state index in [0.29, 0.717) is 6.04 Å². The van der Waals surface area contributed by atoms with Gasteiger partial charge in [0.1, 0.15) is 5.76 Å². The summed E-state index contributed by atoms with van der Waals surface area (Å²) in [4.78, 5) is 0. The number of aryl methyl sites for hydroxylation is 1. The molecular formula is C16H27NO. The summed E-state index contributed by atoms with van der Waals surface area (Å²) in [5.41, 5.74) is 1.26. The molecule has 1 heterocycles. The topological polar surface area (TPSA) is 25.2 Å². The quantitative estimate of drug-likeness (QED) is 0.477. The lowest BCUT2D eigenvalue weighted by Gasteiger charge is -2.17. The Morgan fingerprint density at radius 3 is 2.83 bits per heavy atom. The van der Waals surface area contributed by atoms with E-state index in [1.165, 1.54) is 24.8 Å². The third-order valence-corrected chi connectivity index (χ3v) is 3.26. The van der Waals surface area contributed by atoms with Crippen molar-refractivity contribution in [1.29, 1.82) is 0 Å². The van der Waals surface area contributed by atoms with Crippen LogP contribution < -0.4 is 5.32 Å². The molecule has 0 saturated carbocycles. The van der Waals surface area contributed by atoms with Gasteiger partial charge in [-0.05, 0) is 50.8 Å². The van der Waals surface area contributed by atoms with Crippen LogP contribution in [0.2, 0.25) is 0 Å². The third-order valence-electron chi connectivity index (χ3n) is 3.26. The Hall–Kier alpha value is -1.02. The molecule has 18 heavy (non-hydrogen) atoms. The lowest BCUT2D eigenvalue weighted by atomic mass is 10.0. The highest BCUT2D eigenvalue weighted by Crippen LogP contribution is 2.24. The van der Waals surface area contributed by atoms with Gasteiger partial charge in [-0.2, -0.15) is 0 Å². The minimum atomic E-state index is 0.378. The molecule has 1 N–H and O–H groups in total. The summed E-state index contributed by atoms with van der Waals surface area (Å²) >= 11 is 0. The highest BCUT2D eigenvalue weighted by atomic mass is 16.3. The fourth-order valence-electron chi connectivity index (χ4n) is 2.20. The van der Waals surface area contributed by atoms with E-state index in [0.717, 1.165) is 31.6 Å². The van der Waals surface area contributed by atoms with Gasteiger partial charge < -0.3 is 9.73 Å². The van der Waals surface area contributed by atoms with Crippen LogP contribution in [0.5, 0.6) is 0 Å². The summed E-state index contributed by atoms with van der Waals surface area (Å²) in [5.74, 6) is 1.12. The zero-order valence-corrected chi connectivity index (χ0v) is 11.9. The van der Waals surface area contributed by atoms with Crippen LogP contribution >= 0.6 is 0 Å². The molecule has 0 aliphatic rings. The fraction of sp³-hybridized carbons (Fsp3) is 0.625. The molecule has 1 aromatic heterocycles. The molecule has 0 aliphatic carbocycles. The number of hydrogen-bond acceptors (Lipinski definition) is 2. The van der Waals surface area contributed by atoms with Crippen LogP contribution in [0, 0.1) is 6.92 Å². The second kappa shape index (κ2) is 8.98. The maximum Gasteiger partial charge on any atom is 0.123 e. The average molecular weight is 249 g/mol. The molecule has 1 unspecified atom stereocenters. The molecule has 0 saturated heterocycles. The molecule has 1 rings (SSSR count). The first-order chi connectivity index (χ1) is 8.79. The summed E-state index contributed by atoms with van der Waals surface area (Å²) in [7, 11) is 0. The Balaban J connectivity index is 2.41. The highest BCUT2D eigenvalue weighted by molar-refractivity contribution is 5.18. The van der Waals surface area contributed by atoms with Crippen LogP contribution in [0.15, 0.2) is 29.4 Å². The van der Waals surface area contributed by atoms with Crippen LogP contribution in [0.4, 0.5) is 0 Å². The summed E-state index contributed by atoms with van der Waals surface area (Å²) < 4.78 is 5.62. The van der Waals surface area contributed by atoms with Crippen LogP contribution in [0.3, 0.4) is 0 Å². The monoisotopic (exact) mass is 249 g/mol. The summed E-state index contributed by atoms with van der Waals surface area (Å²) in [6, 6.07) is 2.43. The maximum absolute atomic E-state index is 5.62. The zero-order valence-electron chi connectivity index (χ0n) is 11.9. The summed E-state index contributed by atoms with van der Waals surface area (Å²) in [5, 5.41) is 3.59. The highest BCUT2D eigenvalue weighted by Gasteiger charge is 2.15. The van der Waals surface area contributed by atoms with Gasteiger partial charge in [0.05, 0.1) is 12.3 Å². The van der Waals surface area contributed by atoms with Crippen molar-refractivity contribution < 1.29 is 4.42 Å². The molecule has 1 atom stereocenters. The van der Waals surface area contributed by atoms with E-state index in [9.17, 15) is 0 Å². The summed E-state index contributed by atoms with van der Waals surface area (Å²) in [6.45, 7) is 9.13. The maximum atomic E-state index is 5.62. The van der Waals surface area contributed by atoms with E-state index in [1.54, 1.807) is 6.26 Å². The SMILES string of the molecule is C=CCCCCCC(NCCC)c1occc1C. The number of unbranched alkanes of at least 4 members (excludes halogenated alkanes) is 3. The Morgan fingerprint density at radius 1 is 1.39 bits per heavy atom. The van der Waals surface area contributed by atoms with Crippen LogP contribution in [-0.4, -0.2) is 6.54 Å². The van der Waals surface area contributed by atoms with E-state index in [2.05, 4.69) is 25.7 Å². The van der Waals surface area contributed by atoms with Gasteiger partial charge in [-0.3, -0.25) is 0 Å². The van der Waals surface area contributed by atoms with Crippen molar-refractivity contribution >= 4 is 0 Å². The predicted molar refractivity (Wildman–Crippen MR) is 77.8 cm³/mol. The number of nitrogens with one attached hydrogen (secondary N) is 1. The van der Waals surface area contributed by atoms with E-state index < -0.39 is 0 Å². The molecular weight excluding hydrogens is 222 g/mol. The third kappa shape index (κ3) is 5.09. The van der Waals surface area contributed by atoms with Crippen LogP contribution in [0.25, 0.3) is 0 Å². The van der Waals surface area contributed by atoms with Crippen molar-refractivity contribution in [2.75, 3.05) is 6.54 Å². The first-order valence-corrected chi connectivity index (χ1v) is 7.17. The van der Waals surface area contributed by atoms with Gasteiger partial charge in [0.15, 0.2) is 0 Å². The molecule has 102 valence electrons. The van der Waals surface area contributed by atoms with Gasteiger partial charge in [0.2, 0.25) is 0 Å². The number of furan rings is 1. The Morgan fingerprint density at radius 2 is 2.22 bits per heavy atom. The standard InChI is InChI=1S/C16H27NO/c1-4-6-7-8-9-10-15(17-12-5-2)16-14(3)11-13-18-16/h4,11,13,15,17H,1,5-10,12H2,2-3H3. The second-order valence-electron chi connectivity index (χ2n) is 4.90. The lowest BCUT2D eigenvalue weighted by Crippen LogP contribution is -2.22. The number of hydrogen-bond donors (Lipinski definition) is 1. The van der Waals surface area contributed by atoms with Crippen molar-refractivity contribution in [2.45, 2.75) is 58.4 Å². The minimum Gasteiger partial charge on any atom is -0.467 e. The van der Waals surface area contributed by atoms with E-state index in [-0.39, 0.29) is 0 Å². The molecule has 0 aliphatic heterocycles. The van der Waals surface area contributed by atoms with E-state index >= 15 is 0 Å². The molecule has 0 aromatic carbocycles. The fourth-order valence-corrected chi connectivity index (χ4v) is 2.20. The zero-order chi connectivity index (χ0) is 13.2. The smallest absolute Gasteiger partial charge is 0.123 e.